The zero-order valence-electron chi connectivity index (χ0n) is 10.3. The van der Waals surface area contributed by atoms with Gasteiger partial charge in [-0.15, -0.1) is 0 Å². The van der Waals surface area contributed by atoms with Crippen molar-refractivity contribution < 1.29 is 15.0 Å². The summed E-state index contributed by atoms with van der Waals surface area (Å²) in [6.07, 6.45) is 2.20. The van der Waals surface area contributed by atoms with Crippen LogP contribution >= 0.6 is 0 Å². The number of nitrogens with zero attached hydrogens (tertiary/aromatic N) is 1. The van der Waals surface area contributed by atoms with Gasteiger partial charge in [0.05, 0.1) is 0 Å². The van der Waals surface area contributed by atoms with Crippen molar-refractivity contribution in [3.05, 3.63) is 23.8 Å². The minimum atomic E-state index is -0.233. The van der Waals surface area contributed by atoms with Crippen molar-refractivity contribution in [1.82, 2.24) is 4.90 Å². The van der Waals surface area contributed by atoms with Gasteiger partial charge in [0.2, 0.25) is 0 Å². The Morgan fingerprint density at radius 2 is 1.94 bits per heavy atom. The van der Waals surface area contributed by atoms with Gasteiger partial charge < -0.3 is 20.8 Å². The van der Waals surface area contributed by atoms with Crippen LogP contribution in [-0.2, 0) is 0 Å². The molecule has 4 N–H and O–H groups in total. The maximum absolute atomic E-state index is 12.2. The van der Waals surface area contributed by atoms with Crippen LogP contribution in [0, 0.1) is 5.92 Å². The van der Waals surface area contributed by atoms with Gasteiger partial charge in [-0.3, -0.25) is 4.79 Å². The topological polar surface area (TPSA) is 86.8 Å². The van der Waals surface area contributed by atoms with Crippen molar-refractivity contribution in [3.63, 3.8) is 0 Å². The highest BCUT2D eigenvalue weighted by molar-refractivity contribution is 5.95. The monoisotopic (exact) mass is 250 g/mol. The van der Waals surface area contributed by atoms with Gasteiger partial charge in [0.15, 0.2) is 0 Å². The summed E-state index contributed by atoms with van der Waals surface area (Å²) in [5, 5.41) is 18.8. The average Bonchev–Trinajstić information content (AvgIpc) is 3.12. The lowest BCUT2D eigenvalue weighted by Crippen LogP contribution is -2.43. The summed E-state index contributed by atoms with van der Waals surface area (Å²) < 4.78 is 0. The van der Waals surface area contributed by atoms with Crippen molar-refractivity contribution >= 4 is 5.91 Å². The highest BCUT2D eigenvalue weighted by Gasteiger charge is 2.35. The third-order valence-electron chi connectivity index (χ3n) is 3.37. The number of hydrogen-bond donors (Lipinski definition) is 3. The van der Waals surface area contributed by atoms with Gasteiger partial charge in [0.1, 0.15) is 11.5 Å². The molecular formula is C13H18N2O3. The maximum Gasteiger partial charge on any atom is 0.254 e. The third kappa shape index (κ3) is 2.56. The standard InChI is InChI=1S/C13H18N2O3/c1-15(12(7-14)8-2-3-8)13(18)9-4-10(16)6-11(17)5-9/h4-6,8,12,16-17H,2-3,7,14H2,1H3. The summed E-state index contributed by atoms with van der Waals surface area (Å²) in [5.41, 5.74) is 5.97. The molecule has 0 aliphatic heterocycles. The summed E-state index contributed by atoms with van der Waals surface area (Å²) in [7, 11) is 1.71. The Kier molecular flexibility index (Phi) is 3.43. The molecule has 1 atom stereocenters. The van der Waals surface area contributed by atoms with Crippen LogP contribution in [0.15, 0.2) is 18.2 Å². The number of phenols is 2. The Hall–Kier alpha value is -1.75. The number of rotatable bonds is 4. The largest absolute Gasteiger partial charge is 0.508 e. The first-order chi connectivity index (χ1) is 8.52. The van der Waals surface area contributed by atoms with Crippen molar-refractivity contribution in [3.8, 4) is 11.5 Å². The van der Waals surface area contributed by atoms with E-state index in [-0.39, 0.29) is 29.0 Å². The number of nitrogens with two attached hydrogens (primary N) is 1. The zero-order chi connectivity index (χ0) is 13.3. The van der Waals surface area contributed by atoms with Gasteiger partial charge in [-0.25, -0.2) is 0 Å². The molecule has 1 aliphatic rings. The third-order valence-corrected chi connectivity index (χ3v) is 3.37. The smallest absolute Gasteiger partial charge is 0.254 e. The Labute approximate surface area is 106 Å². The van der Waals surface area contributed by atoms with Gasteiger partial charge in [-0.2, -0.15) is 0 Å². The Bertz CT molecular complexity index is 437. The number of aromatic hydroxyl groups is 2. The van der Waals surface area contributed by atoms with Crippen LogP contribution in [-0.4, -0.2) is 40.7 Å². The SMILES string of the molecule is CN(C(=O)c1cc(O)cc(O)c1)C(CN)C1CC1. The molecule has 1 aliphatic carbocycles. The van der Waals surface area contributed by atoms with Crippen LogP contribution in [0.4, 0.5) is 0 Å². The fraction of sp³-hybridized carbons (Fsp3) is 0.462. The molecule has 5 heteroatoms. The number of benzene rings is 1. The predicted octanol–water partition coefficient (Wildman–Crippen LogP) is 0.907. The summed E-state index contributed by atoms with van der Waals surface area (Å²) in [6, 6.07) is 3.91. The molecule has 98 valence electrons. The molecule has 0 aromatic heterocycles. The van der Waals surface area contributed by atoms with Crippen LogP contribution in [0.3, 0.4) is 0 Å². The lowest BCUT2D eigenvalue weighted by atomic mass is 10.1. The molecule has 0 heterocycles. The van der Waals surface area contributed by atoms with E-state index in [1.807, 2.05) is 0 Å². The van der Waals surface area contributed by atoms with Crippen LogP contribution < -0.4 is 5.73 Å². The highest BCUT2D eigenvalue weighted by atomic mass is 16.3. The average molecular weight is 250 g/mol. The minimum Gasteiger partial charge on any atom is -0.508 e. The van der Waals surface area contributed by atoms with Gasteiger partial charge in [-0.05, 0) is 30.9 Å². The number of hydrogen-bond acceptors (Lipinski definition) is 4. The van der Waals surface area contributed by atoms with E-state index in [9.17, 15) is 15.0 Å². The first kappa shape index (κ1) is 12.7. The summed E-state index contributed by atoms with van der Waals surface area (Å²) >= 11 is 0. The first-order valence-corrected chi connectivity index (χ1v) is 6.03. The van der Waals surface area contributed by atoms with E-state index in [0.717, 1.165) is 12.8 Å². The molecule has 0 bridgehead atoms. The fourth-order valence-corrected chi connectivity index (χ4v) is 2.22. The molecule has 2 rings (SSSR count). The molecule has 0 radical (unpaired) electrons. The molecule has 1 amide bonds. The Morgan fingerprint density at radius 1 is 1.39 bits per heavy atom. The van der Waals surface area contributed by atoms with Crippen LogP contribution in [0.1, 0.15) is 23.2 Å². The fourth-order valence-electron chi connectivity index (χ4n) is 2.22. The normalized spacial score (nSPS) is 16.3. The van der Waals surface area contributed by atoms with Gasteiger partial charge in [-0.1, -0.05) is 0 Å². The van der Waals surface area contributed by atoms with E-state index in [1.54, 1.807) is 11.9 Å². The summed E-state index contributed by atoms with van der Waals surface area (Å²) in [5.74, 6) is 0.00310. The predicted molar refractivity (Wildman–Crippen MR) is 67.4 cm³/mol. The molecule has 18 heavy (non-hydrogen) atoms. The number of phenolic OH excluding ortho intramolecular Hbond substituents is 2. The van der Waals surface area contributed by atoms with E-state index in [2.05, 4.69) is 0 Å². The van der Waals surface area contributed by atoms with Gasteiger partial charge >= 0.3 is 0 Å². The second-order valence-electron chi connectivity index (χ2n) is 4.79. The number of carbonyl (C=O) groups is 1. The molecule has 1 aromatic carbocycles. The minimum absolute atomic E-state index is 0.0296. The number of amides is 1. The quantitative estimate of drug-likeness (QED) is 0.741. The second-order valence-corrected chi connectivity index (χ2v) is 4.79. The lowest BCUT2D eigenvalue weighted by Gasteiger charge is -2.27. The van der Waals surface area contributed by atoms with Crippen LogP contribution in [0.2, 0.25) is 0 Å². The molecule has 0 saturated heterocycles. The van der Waals surface area contributed by atoms with E-state index < -0.39 is 0 Å². The van der Waals surface area contributed by atoms with Gasteiger partial charge in [0, 0.05) is 31.3 Å². The van der Waals surface area contributed by atoms with E-state index >= 15 is 0 Å². The van der Waals surface area contributed by atoms with Crippen LogP contribution in [0.5, 0.6) is 11.5 Å². The van der Waals surface area contributed by atoms with Crippen LogP contribution in [0.25, 0.3) is 0 Å². The number of likely N-dealkylation sites (N-methyl/N-ethyl adjacent to an activating group) is 1. The van der Waals surface area contributed by atoms with E-state index in [4.69, 9.17) is 5.73 Å². The second kappa shape index (κ2) is 4.86. The molecule has 1 unspecified atom stereocenters. The van der Waals surface area contributed by atoms with Crippen molar-refractivity contribution in [2.75, 3.05) is 13.6 Å². The zero-order valence-corrected chi connectivity index (χ0v) is 10.3. The first-order valence-electron chi connectivity index (χ1n) is 6.03. The highest BCUT2D eigenvalue weighted by Crippen LogP contribution is 2.35. The Balaban J connectivity index is 2.18. The van der Waals surface area contributed by atoms with Crippen molar-refractivity contribution in [2.24, 2.45) is 11.7 Å². The molecule has 0 spiro atoms. The van der Waals surface area contributed by atoms with Crippen molar-refractivity contribution in [1.29, 1.82) is 0 Å². The van der Waals surface area contributed by atoms with E-state index in [1.165, 1.54) is 18.2 Å². The molecule has 1 saturated carbocycles. The molecule has 1 aromatic rings. The lowest BCUT2D eigenvalue weighted by molar-refractivity contribution is 0.0718. The maximum atomic E-state index is 12.2. The molecular weight excluding hydrogens is 232 g/mol. The molecule has 5 nitrogen and oxygen atoms in total. The Morgan fingerprint density at radius 3 is 2.39 bits per heavy atom. The number of carbonyl (C=O) groups excluding carboxylic acids is 1. The summed E-state index contributed by atoms with van der Waals surface area (Å²) in [4.78, 5) is 13.8. The van der Waals surface area contributed by atoms with Gasteiger partial charge in [0.25, 0.3) is 5.91 Å². The molecule has 1 fully saturated rings. The summed E-state index contributed by atoms with van der Waals surface area (Å²) in [6.45, 7) is 0.428. The van der Waals surface area contributed by atoms with Crippen molar-refractivity contribution in [2.45, 2.75) is 18.9 Å². The van der Waals surface area contributed by atoms with E-state index in [0.29, 0.717) is 12.5 Å².